The van der Waals surface area contributed by atoms with Gasteiger partial charge in [0.2, 0.25) is 5.91 Å². The van der Waals surface area contributed by atoms with Crippen LogP contribution in [-0.2, 0) is 16.1 Å². The molecule has 0 aliphatic carbocycles. The Bertz CT molecular complexity index is 1040. The van der Waals surface area contributed by atoms with Gasteiger partial charge in [-0.3, -0.25) is 9.59 Å². The van der Waals surface area contributed by atoms with E-state index in [1.807, 2.05) is 72.8 Å². The number of rotatable bonds is 11. The van der Waals surface area contributed by atoms with E-state index in [-0.39, 0.29) is 25.0 Å². The fourth-order valence-corrected chi connectivity index (χ4v) is 3.37. The summed E-state index contributed by atoms with van der Waals surface area (Å²) in [6, 6.07) is 24.9. The highest BCUT2D eigenvalue weighted by atomic mass is 16.5. The predicted octanol–water partition coefficient (Wildman–Crippen LogP) is 4.15. The van der Waals surface area contributed by atoms with E-state index in [1.165, 1.54) is 0 Å². The van der Waals surface area contributed by atoms with Crippen molar-refractivity contribution in [3.8, 4) is 11.5 Å². The molecule has 0 aromatic heterocycles. The van der Waals surface area contributed by atoms with Crippen LogP contribution in [0.2, 0.25) is 0 Å². The zero-order chi connectivity index (χ0) is 23.5. The number of hydrogen-bond donors (Lipinski definition) is 1. The Kier molecular flexibility index (Phi) is 8.65. The molecular weight excluding hydrogens is 416 g/mol. The molecule has 0 unspecified atom stereocenters. The standard InChI is InChI=1S/C27H28N2O4/c1-3-18-28-27(31)26(22-10-6-4-7-11-22)29(19-21-14-16-23(32-2)17-15-21)25(30)20-33-24-12-8-5-9-13-24/h3-17,26H,1,18-20H2,2H3,(H,28,31)/t26-/m1/s1. The van der Waals surface area contributed by atoms with Gasteiger partial charge in [0.05, 0.1) is 7.11 Å². The molecule has 0 aliphatic rings. The predicted molar refractivity (Wildman–Crippen MR) is 128 cm³/mol. The quantitative estimate of drug-likeness (QED) is 0.451. The Morgan fingerprint density at radius 1 is 0.939 bits per heavy atom. The molecular formula is C27H28N2O4. The molecule has 0 bridgehead atoms. The van der Waals surface area contributed by atoms with E-state index in [4.69, 9.17) is 9.47 Å². The van der Waals surface area contributed by atoms with E-state index in [1.54, 1.807) is 30.2 Å². The average Bonchev–Trinajstić information content (AvgIpc) is 2.87. The molecule has 0 aliphatic heterocycles. The smallest absolute Gasteiger partial charge is 0.261 e. The zero-order valence-electron chi connectivity index (χ0n) is 18.6. The van der Waals surface area contributed by atoms with Crippen LogP contribution in [-0.4, -0.2) is 37.0 Å². The van der Waals surface area contributed by atoms with Crippen molar-refractivity contribution in [2.24, 2.45) is 0 Å². The van der Waals surface area contributed by atoms with Crippen molar-refractivity contribution in [1.29, 1.82) is 0 Å². The van der Waals surface area contributed by atoms with Crippen molar-refractivity contribution in [1.82, 2.24) is 10.2 Å². The van der Waals surface area contributed by atoms with Gasteiger partial charge in [0.25, 0.3) is 5.91 Å². The molecule has 2 amide bonds. The van der Waals surface area contributed by atoms with Gasteiger partial charge in [0, 0.05) is 13.1 Å². The molecule has 33 heavy (non-hydrogen) atoms. The summed E-state index contributed by atoms with van der Waals surface area (Å²) in [6.45, 7) is 3.99. The molecule has 0 spiro atoms. The van der Waals surface area contributed by atoms with Gasteiger partial charge in [-0.15, -0.1) is 6.58 Å². The number of carbonyl (C=O) groups is 2. The number of benzene rings is 3. The molecule has 0 radical (unpaired) electrons. The van der Waals surface area contributed by atoms with Crippen molar-refractivity contribution in [3.05, 3.63) is 109 Å². The average molecular weight is 445 g/mol. The molecule has 0 saturated carbocycles. The first kappa shape index (κ1) is 23.6. The van der Waals surface area contributed by atoms with E-state index >= 15 is 0 Å². The summed E-state index contributed by atoms with van der Waals surface area (Å²) in [4.78, 5) is 28.2. The lowest BCUT2D eigenvalue weighted by atomic mass is 10.0. The molecule has 0 heterocycles. The molecule has 1 N–H and O–H groups in total. The maximum atomic E-state index is 13.4. The lowest BCUT2D eigenvalue weighted by Gasteiger charge is -2.31. The van der Waals surface area contributed by atoms with Gasteiger partial charge in [-0.25, -0.2) is 0 Å². The summed E-state index contributed by atoms with van der Waals surface area (Å²) >= 11 is 0. The molecule has 3 aromatic rings. The Hall–Kier alpha value is -4.06. The summed E-state index contributed by atoms with van der Waals surface area (Å²) in [5.74, 6) is 0.704. The third kappa shape index (κ3) is 6.71. The number of methoxy groups -OCH3 is 1. The van der Waals surface area contributed by atoms with Crippen LogP contribution in [0.5, 0.6) is 11.5 Å². The first-order valence-corrected chi connectivity index (χ1v) is 10.7. The number of nitrogens with zero attached hydrogens (tertiary/aromatic N) is 1. The van der Waals surface area contributed by atoms with Crippen molar-refractivity contribution in [2.75, 3.05) is 20.3 Å². The second-order valence-electron chi connectivity index (χ2n) is 7.32. The van der Waals surface area contributed by atoms with Crippen LogP contribution >= 0.6 is 0 Å². The van der Waals surface area contributed by atoms with Crippen molar-refractivity contribution in [2.45, 2.75) is 12.6 Å². The fourth-order valence-electron chi connectivity index (χ4n) is 3.37. The normalized spacial score (nSPS) is 11.2. The summed E-state index contributed by atoms with van der Waals surface area (Å²) in [5.41, 5.74) is 1.57. The summed E-state index contributed by atoms with van der Waals surface area (Å²) in [7, 11) is 1.60. The maximum Gasteiger partial charge on any atom is 0.261 e. The minimum absolute atomic E-state index is 0.196. The number of ether oxygens (including phenoxy) is 2. The number of amides is 2. The van der Waals surface area contributed by atoms with Crippen molar-refractivity contribution in [3.63, 3.8) is 0 Å². The van der Waals surface area contributed by atoms with Crippen molar-refractivity contribution >= 4 is 11.8 Å². The second-order valence-corrected chi connectivity index (χ2v) is 7.32. The molecule has 6 heteroatoms. The lowest BCUT2D eigenvalue weighted by Crippen LogP contribution is -2.45. The minimum Gasteiger partial charge on any atom is -0.497 e. The molecule has 3 aromatic carbocycles. The van der Waals surface area contributed by atoms with Crippen LogP contribution in [0.1, 0.15) is 17.2 Å². The summed E-state index contributed by atoms with van der Waals surface area (Å²) in [6.07, 6.45) is 1.61. The van der Waals surface area contributed by atoms with Gasteiger partial charge in [-0.05, 0) is 35.4 Å². The van der Waals surface area contributed by atoms with Gasteiger partial charge >= 0.3 is 0 Å². The maximum absolute atomic E-state index is 13.4. The molecule has 3 rings (SSSR count). The van der Waals surface area contributed by atoms with Crippen LogP contribution < -0.4 is 14.8 Å². The highest BCUT2D eigenvalue weighted by Crippen LogP contribution is 2.25. The van der Waals surface area contributed by atoms with E-state index in [0.29, 0.717) is 23.6 Å². The Morgan fingerprint density at radius 3 is 2.18 bits per heavy atom. The van der Waals surface area contributed by atoms with Gasteiger partial charge in [0.1, 0.15) is 17.5 Å². The zero-order valence-corrected chi connectivity index (χ0v) is 18.6. The van der Waals surface area contributed by atoms with Gasteiger partial charge in [0.15, 0.2) is 6.61 Å². The first-order valence-electron chi connectivity index (χ1n) is 10.7. The number of para-hydroxylation sites is 1. The van der Waals surface area contributed by atoms with E-state index in [0.717, 1.165) is 5.56 Å². The monoisotopic (exact) mass is 444 g/mol. The third-order valence-electron chi connectivity index (χ3n) is 5.03. The highest BCUT2D eigenvalue weighted by molar-refractivity contribution is 5.89. The molecule has 0 fully saturated rings. The van der Waals surface area contributed by atoms with E-state index in [9.17, 15) is 9.59 Å². The SMILES string of the molecule is C=CCNC(=O)[C@@H](c1ccccc1)N(Cc1ccc(OC)cc1)C(=O)COc1ccccc1. The lowest BCUT2D eigenvalue weighted by molar-refractivity contribution is -0.143. The van der Waals surface area contributed by atoms with Crippen LogP contribution in [0.4, 0.5) is 0 Å². The van der Waals surface area contributed by atoms with E-state index < -0.39 is 6.04 Å². The topological polar surface area (TPSA) is 67.9 Å². The van der Waals surface area contributed by atoms with Crippen LogP contribution in [0.15, 0.2) is 97.6 Å². The van der Waals surface area contributed by atoms with Gasteiger partial charge in [-0.2, -0.15) is 0 Å². The van der Waals surface area contributed by atoms with Crippen LogP contribution in [0.3, 0.4) is 0 Å². The minimum atomic E-state index is -0.833. The first-order chi connectivity index (χ1) is 16.1. The number of nitrogens with one attached hydrogen (secondary N) is 1. The van der Waals surface area contributed by atoms with E-state index in [2.05, 4.69) is 11.9 Å². The van der Waals surface area contributed by atoms with Gasteiger partial charge in [-0.1, -0.05) is 66.7 Å². The number of carbonyl (C=O) groups excluding carboxylic acids is 2. The van der Waals surface area contributed by atoms with Crippen molar-refractivity contribution < 1.29 is 19.1 Å². The Balaban J connectivity index is 1.92. The summed E-state index contributed by atoms with van der Waals surface area (Å²) in [5, 5.41) is 2.83. The number of hydrogen-bond acceptors (Lipinski definition) is 4. The summed E-state index contributed by atoms with van der Waals surface area (Å²) < 4.78 is 10.9. The Morgan fingerprint density at radius 2 is 1.58 bits per heavy atom. The fraction of sp³-hybridized carbons (Fsp3) is 0.185. The van der Waals surface area contributed by atoms with Crippen LogP contribution in [0.25, 0.3) is 0 Å². The molecule has 1 atom stereocenters. The molecule has 6 nitrogen and oxygen atoms in total. The third-order valence-corrected chi connectivity index (χ3v) is 5.03. The Labute approximate surface area is 194 Å². The second kappa shape index (κ2) is 12.1. The van der Waals surface area contributed by atoms with Crippen LogP contribution in [0, 0.1) is 0 Å². The largest absolute Gasteiger partial charge is 0.497 e. The molecule has 170 valence electrons. The highest BCUT2D eigenvalue weighted by Gasteiger charge is 2.31. The molecule has 0 saturated heterocycles. The van der Waals surface area contributed by atoms with Gasteiger partial charge < -0.3 is 19.7 Å².